The number of urea groups is 1. The maximum atomic E-state index is 13.4. The van der Waals surface area contributed by atoms with Crippen molar-refractivity contribution in [3.8, 4) is 0 Å². The van der Waals surface area contributed by atoms with Crippen molar-refractivity contribution >= 4 is 29.4 Å². The van der Waals surface area contributed by atoms with E-state index in [4.69, 9.17) is 0 Å². The Morgan fingerprint density at radius 2 is 1.85 bits per heavy atom. The number of hydrogen-bond donors (Lipinski definition) is 3. The van der Waals surface area contributed by atoms with Gasteiger partial charge in [-0.1, -0.05) is 13.8 Å². The van der Waals surface area contributed by atoms with E-state index in [-0.39, 0.29) is 54.9 Å². The Hall–Kier alpha value is -2.72. The molecular weight excluding hydrogens is 444 g/mol. The number of nitrogens with zero attached hydrogens (tertiary/aromatic N) is 4. The monoisotopic (exact) mass is 479 g/mol. The summed E-state index contributed by atoms with van der Waals surface area (Å²) in [6.45, 7) is 5.85. The first-order valence-corrected chi connectivity index (χ1v) is 12.0. The zero-order valence-corrected chi connectivity index (χ0v) is 20.5. The summed E-state index contributed by atoms with van der Waals surface area (Å²) < 4.78 is 26.8. The van der Waals surface area contributed by atoms with Crippen LogP contribution in [0.15, 0.2) is 0 Å². The number of rotatable bonds is 5. The second-order valence-electron chi connectivity index (χ2n) is 10.3. The molecule has 0 saturated heterocycles. The van der Waals surface area contributed by atoms with Crippen LogP contribution >= 0.6 is 0 Å². The van der Waals surface area contributed by atoms with E-state index in [0.29, 0.717) is 36.0 Å². The van der Waals surface area contributed by atoms with Crippen LogP contribution in [0.5, 0.6) is 0 Å². The average molecular weight is 480 g/mol. The topological polar surface area (TPSA) is 102 Å². The van der Waals surface area contributed by atoms with Gasteiger partial charge in [-0.3, -0.25) is 4.79 Å². The van der Waals surface area contributed by atoms with Crippen LogP contribution in [0.3, 0.4) is 0 Å². The fraction of sp³-hybridized carbons (Fsp3) is 0.739. The molecular formula is C23H35F2N7O2. The van der Waals surface area contributed by atoms with Gasteiger partial charge in [-0.25, -0.2) is 18.6 Å². The number of anilines is 3. The van der Waals surface area contributed by atoms with Crippen molar-refractivity contribution in [1.29, 1.82) is 0 Å². The fourth-order valence-corrected chi connectivity index (χ4v) is 5.17. The molecule has 0 unspecified atom stereocenters. The smallest absolute Gasteiger partial charge is 0.317 e. The molecule has 34 heavy (non-hydrogen) atoms. The first kappa shape index (κ1) is 24.4. The van der Waals surface area contributed by atoms with E-state index in [9.17, 15) is 18.4 Å². The predicted molar refractivity (Wildman–Crippen MR) is 126 cm³/mol. The molecule has 0 radical (unpaired) electrons. The molecule has 2 fully saturated rings. The second kappa shape index (κ2) is 9.14. The zero-order valence-electron chi connectivity index (χ0n) is 20.5. The number of fused-ring (bicyclic) bond motifs is 1. The third kappa shape index (κ3) is 4.88. The highest BCUT2D eigenvalue weighted by atomic mass is 19.3. The van der Waals surface area contributed by atoms with Crippen LogP contribution in [0.1, 0.15) is 58.1 Å². The first-order chi connectivity index (χ1) is 15.9. The minimum Gasteiger partial charge on any atom is -0.351 e. The van der Waals surface area contributed by atoms with Crippen LogP contribution in [-0.4, -0.2) is 71.0 Å². The molecule has 0 bridgehead atoms. The number of halogens is 2. The van der Waals surface area contributed by atoms with Gasteiger partial charge in [0, 0.05) is 45.1 Å². The van der Waals surface area contributed by atoms with Crippen molar-refractivity contribution in [2.24, 2.45) is 5.92 Å². The van der Waals surface area contributed by atoms with Crippen molar-refractivity contribution in [3.05, 3.63) is 5.69 Å². The van der Waals surface area contributed by atoms with E-state index < -0.39 is 5.92 Å². The van der Waals surface area contributed by atoms with E-state index in [1.165, 1.54) is 0 Å². The van der Waals surface area contributed by atoms with Gasteiger partial charge in [-0.15, -0.1) is 0 Å². The number of amides is 3. The predicted octanol–water partition coefficient (Wildman–Crippen LogP) is 3.36. The second-order valence-corrected chi connectivity index (χ2v) is 10.3. The summed E-state index contributed by atoms with van der Waals surface area (Å²) in [4.78, 5) is 37.7. The van der Waals surface area contributed by atoms with Crippen molar-refractivity contribution < 1.29 is 18.4 Å². The van der Waals surface area contributed by atoms with Gasteiger partial charge in [0.25, 0.3) is 0 Å². The number of aryl methyl sites for hydroxylation is 1. The molecule has 1 atom stereocenters. The quantitative estimate of drug-likeness (QED) is 0.599. The Bertz CT molecular complexity index is 941. The van der Waals surface area contributed by atoms with Gasteiger partial charge in [-0.05, 0) is 38.5 Å². The minimum atomic E-state index is -2.60. The molecule has 4 rings (SSSR count). The molecule has 1 aliphatic heterocycles. The van der Waals surface area contributed by atoms with Crippen LogP contribution in [-0.2, 0) is 4.79 Å². The van der Waals surface area contributed by atoms with Gasteiger partial charge >= 0.3 is 6.03 Å². The lowest BCUT2D eigenvalue weighted by molar-refractivity contribution is -0.118. The van der Waals surface area contributed by atoms with Gasteiger partial charge in [0.15, 0.2) is 5.82 Å². The van der Waals surface area contributed by atoms with Crippen molar-refractivity contribution in [1.82, 2.24) is 20.2 Å². The lowest BCUT2D eigenvalue weighted by Crippen LogP contribution is -2.55. The van der Waals surface area contributed by atoms with Crippen LogP contribution in [0, 0.1) is 12.8 Å². The molecule has 1 aromatic heterocycles. The molecule has 0 spiro atoms. The summed E-state index contributed by atoms with van der Waals surface area (Å²) in [6, 6.07) is -0.524. The minimum absolute atomic E-state index is 0.0171. The summed E-state index contributed by atoms with van der Waals surface area (Å²) in [6.07, 6.45) is 1.77. The van der Waals surface area contributed by atoms with Gasteiger partial charge in [0.05, 0.1) is 5.69 Å². The van der Waals surface area contributed by atoms with Gasteiger partial charge < -0.3 is 25.8 Å². The maximum absolute atomic E-state index is 13.4. The van der Waals surface area contributed by atoms with E-state index in [2.05, 4.69) is 25.9 Å². The molecule has 1 aromatic rings. The summed E-state index contributed by atoms with van der Waals surface area (Å²) in [7, 11) is 3.55. The molecule has 188 valence electrons. The molecule has 0 aromatic carbocycles. The SMILES string of the molecule is Cc1nc(N[C@H]2C[C@@H](NC(=O)N(C)C3CCC(F)(F)CC3)C2)nc2c1NC(=O)[C@H](C(C)C)N2C. The molecule has 9 nitrogen and oxygen atoms in total. The Morgan fingerprint density at radius 1 is 1.21 bits per heavy atom. The lowest BCUT2D eigenvalue weighted by Gasteiger charge is -2.40. The molecule has 3 aliphatic rings. The zero-order chi connectivity index (χ0) is 24.8. The van der Waals surface area contributed by atoms with Crippen LogP contribution in [0.25, 0.3) is 0 Å². The number of likely N-dealkylation sites (N-methyl/N-ethyl adjacent to an activating group) is 1. The van der Waals surface area contributed by atoms with E-state index in [1.807, 2.05) is 32.7 Å². The largest absolute Gasteiger partial charge is 0.351 e. The summed E-state index contributed by atoms with van der Waals surface area (Å²) in [5.74, 6) is -1.34. The normalized spacial score (nSPS) is 26.4. The number of hydrogen-bond acceptors (Lipinski definition) is 6. The third-order valence-corrected chi connectivity index (χ3v) is 7.32. The fourth-order valence-electron chi connectivity index (χ4n) is 5.17. The highest BCUT2D eigenvalue weighted by Crippen LogP contribution is 2.36. The Kier molecular flexibility index (Phi) is 6.56. The molecule has 2 saturated carbocycles. The molecule has 2 heterocycles. The van der Waals surface area contributed by atoms with Crippen molar-refractivity contribution in [3.63, 3.8) is 0 Å². The van der Waals surface area contributed by atoms with Gasteiger partial charge in [0.1, 0.15) is 11.7 Å². The number of aromatic nitrogens is 2. The lowest BCUT2D eigenvalue weighted by atomic mass is 9.87. The standard InChI is InChI=1S/C23H35F2N7O2/c1-12(2)18-20(33)29-17-13(3)26-21(30-19(17)32(18)5)27-14-10-15(11-14)28-22(34)31(4)16-6-8-23(24,25)9-7-16/h12,14-16,18H,6-11H2,1-5H3,(H,28,34)(H,29,33)(H,26,27,30)/t14-,15+,18-/m0/s1. The summed E-state index contributed by atoms with van der Waals surface area (Å²) >= 11 is 0. The Labute approximate surface area is 199 Å². The average Bonchev–Trinajstić information content (AvgIpc) is 2.72. The molecule has 2 aliphatic carbocycles. The number of nitrogens with one attached hydrogen (secondary N) is 3. The van der Waals surface area contributed by atoms with Crippen LogP contribution in [0.4, 0.5) is 31.0 Å². The summed E-state index contributed by atoms with van der Waals surface area (Å²) in [5.41, 5.74) is 1.33. The van der Waals surface area contributed by atoms with Gasteiger partial charge in [-0.2, -0.15) is 4.98 Å². The first-order valence-electron chi connectivity index (χ1n) is 12.0. The number of carbonyl (C=O) groups excluding carboxylic acids is 2. The molecule has 3 N–H and O–H groups in total. The number of carbonyl (C=O) groups is 2. The highest BCUT2D eigenvalue weighted by Gasteiger charge is 2.39. The van der Waals surface area contributed by atoms with Crippen molar-refractivity contribution in [2.75, 3.05) is 29.6 Å². The van der Waals surface area contributed by atoms with E-state index in [0.717, 1.165) is 12.8 Å². The Balaban J connectivity index is 1.30. The van der Waals surface area contributed by atoms with E-state index in [1.54, 1.807) is 11.9 Å². The molecule has 11 heteroatoms. The highest BCUT2D eigenvalue weighted by molar-refractivity contribution is 6.03. The maximum Gasteiger partial charge on any atom is 0.317 e. The van der Waals surface area contributed by atoms with Crippen LogP contribution < -0.4 is 20.9 Å². The summed E-state index contributed by atoms with van der Waals surface area (Å²) in [5, 5.41) is 9.29. The van der Waals surface area contributed by atoms with Crippen LogP contribution in [0.2, 0.25) is 0 Å². The van der Waals surface area contributed by atoms with E-state index >= 15 is 0 Å². The van der Waals surface area contributed by atoms with Crippen molar-refractivity contribution in [2.45, 2.75) is 89.4 Å². The third-order valence-electron chi connectivity index (χ3n) is 7.32. The van der Waals surface area contributed by atoms with Gasteiger partial charge in [0.2, 0.25) is 17.8 Å². The molecule has 3 amide bonds. The number of alkyl halides is 2. The Morgan fingerprint density at radius 3 is 2.47 bits per heavy atom.